The van der Waals surface area contributed by atoms with Crippen molar-refractivity contribution in [2.75, 3.05) is 38.3 Å². The van der Waals surface area contributed by atoms with Crippen molar-refractivity contribution >= 4 is 12.0 Å². The van der Waals surface area contributed by atoms with Crippen molar-refractivity contribution in [3.8, 4) is 23.0 Å². The molecular formula is C40H61FN6O4. The predicted molar refractivity (Wildman–Crippen MR) is 205 cm³/mol. The number of halogens is 1. The smallest absolute Gasteiger partial charge is 0.141 e. The summed E-state index contributed by atoms with van der Waals surface area (Å²) in [6.45, 7) is 17.0. The second-order valence-electron chi connectivity index (χ2n) is 12.0. The molecule has 4 rings (SSSR count). The van der Waals surface area contributed by atoms with Crippen molar-refractivity contribution in [2.24, 2.45) is 11.7 Å². The first kappa shape index (κ1) is 44.9. The number of rotatable bonds is 15. The first-order chi connectivity index (χ1) is 24.7. The molecule has 0 amide bonds. The Morgan fingerprint density at radius 2 is 1.75 bits per heavy atom. The van der Waals surface area contributed by atoms with Crippen LogP contribution in [0.1, 0.15) is 97.7 Å². The van der Waals surface area contributed by atoms with Crippen LogP contribution in [0.15, 0.2) is 60.3 Å². The topological polar surface area (TPSA) is 128 Å². The minimum atomic E-state index is -0.533. The lowest BCUT2D eigenvalue weighted by atomic mass is 10.0. The van der Waals surface area contributed by atoms with Crippen LogP contribution in [0.4, 0.5) is 10.1 Å². The standard InChI is InChI=1S/C26H30FN5O3.C10H21N.C2H4O.C2H6/c1-19-16-26(20-4-5-21(18-28)25(27)17-20)32(29-19)23-8-6-22(7-9-23)31-12-10-24(11-13-31)34-14-3-15-35-30-33-2;1-4-9(3)7-6-8-10(11)5-2;1-2-3;1-2/h4-9,16-17,24,30H,3,10-15H2,1-2H3;5,9H,4,6-8,11H2,1-3H3;2H,1H3;1-2H3/b;10-5+;;. The minimum Gasteiger partial charge on any atom is -0.402 e. The van der Waals surface area contributed by atoms with E-state index in [1.807, 2.05) is 62.7 Å². The van der Waals surface area contributed by atoms with Crippen LogP contribution in [-0.4, -0.2) is 55.6 Å². The van der Waals surface area contributed by atoms with Crippen molar-refractivity contribution in [1.82, 2.24) is 15.4 Å². The van der Waals surface area contributed by atoms with Crippen LogP contribution in [0, 0.1) is 30.0 Å². The molecule has 3 aromatic rings. The number of carbonyl (C=O) groups is 1. The summed E-state index contributed by atoms with van der Waals surface area (Å²) in [6, 6.07) is 16.7. The molecule has 0 spiro atoms. The molecule has 1 aromatic heterocycles. The summed E-state index contributed by atoms with van der Waals surface area (Å²) in [5.74, 6) is 0.328. The van der Waals surface area contributed by atoms with E-state index in [0.29, 0.717) is 18.8 Å². The molecule has 1 unspecified atom stereocenters. The highest BCUT2D eigenvalue weighted by Crippen LogP contribution is 2.28. The van der Waals surface area contributed by atoms with Gasteiger partial charge in [0.1, 0.15) is 18.2 Å². The molecule has 51 heavy (non-hydrogen) atoms. The lowest BCUT2D eigenvalue weighted by Gasteiger charge is -2.33. The van der Waals surface area contributed by atoms with Crippen molar-refractivity contribution in [3.63, 3.8) is 0 Å². The molecule has 0 radical (unpaired) electrons. The maximum atomic E-state index is 14.2. The molecule has 0 aliphatic carbocycles. The van der Waals surface area contributed by atoms with E-state index in [0.717, 1.165) is 79.4 Å². The van der Waals surface area contributed by atoms with Crippen LogP contribution in [-0.2, 0) is 19.2 Å². The molecule has 1 atom stereocenters. The van der Waals surface area contributed by atoms with Crippen molar-refractivity contribution in [2.45, 2.75) is 99.5 Å². The van der Waals surface area contributed by atoms with Crippen molar-refractivity contribution < 1.29 is 23.6 Å². The van der Waals surface area contributed by atoms with Gasteiger partial charge in [0.25, 0.3) is 0 Å². The molecule has 10 nitrogen and oxygen atoms in total. The van der Waals surface area contributed by atoms with Gasteiger partial charge in [0.2, 0.25) is 0 Å². The van der Waals surface area contributed by atoms with Gasteiger partial charge in [0, 0.05) is 36.6 Å². The number of allylic oxidation sites excluding steroid dienone is 2. The van der Waals surface area contributed by atoms with Gasteiger partial charge in [-0.05, 0) is 101 Å². The number of benzene rings is 2. The minimum absolute atomic E-state index is 0.0310. The van der Waals surface area contributed by atoms with E-state index >= 15 is 0 Å². The van der Waals surface area contributed by atoms with Crippen LogP contribution < -0.4 is 16.3 Å². The quantitative estimate of drug-likeness (QED) is 0.0906. The number of piperidine rings is 1. The van der Waals surface area contributed by atoms with Crippen LogP contribution in [0.2, 0.25) is 0 Å². The molecule has 0 bridgehead atoms. The zero-order chi connectivity index (χ0) is 38.0. The summed E-state index contributed by atoms with van der Waals surface area (Å²) in [5.41, 5.74) is 13.4. The van der Waals surface area contributed by atoms with Crippen LogP contribution >= 0.6 is 0 Å². The normalized spacial score (nSPS) is 13.4. The average Bonchev–Trinajstić information content (AvgIpc) is 3.56. The highest BCUT2D eigenvalue weighted by molar-refractivity contribution is 5.64. The molecule has 1 aliphatic heterocycles. The largest absolute Gasteiger partial charge is 0.402 e. The molecule has 2 heterocycles. The monoisotopic (exact) mass is 708 g/mol. The van der Waals surface area contributed by atoms with Crippen molar-refractivity contribution in [1.29, 1.82) is 5.26 Å². The first-order valence-corrected chi connectivity index (χ1v) is 18.1. The number of hydrogen-bond donors (Lipinski definition) is 2. The summed E-state index contributed by atoms with van der Waals surface area (Å²) in [6.07, 6.45) is 10.7. The molecule has 1 fully saturated rings. The zero-order valence-corrected chi connectivity index (χ0v) is 32.1. The number of anilines is 1. The fourth-order valence-electron chi connectivity index (χ4n) is 5.24. The highest BCUT2D eigenvalue weighted by Gasteiger charge is 2.20. The third kappa shape index (κ3) is 16.7. The fourth-order valence-corrected chi connectivity index (χ4v) is 5.24. The number of hydrogen-bond acceptors (Lipinski definition) is 9. The molecule has 0 saturated carbocycles. The Kier molecular flexibility index (Phi) is 23.5. The van der Waals surface area contributed by atoms with Crippen LogP contribution in [0.3, 0.4) is 0 Å². The van der Waals surface area contributed by atoms with Gasteiger partial charge in [-0.3, -0.25) is 9.68 Å². The van der Waals surface area contributed by atoms with Gasteiger partial charge in [-0.15, -0.1) is 0 Å². The molecule has 3 N–H and O–H groups in total. The molecular weight excluding hydrogens is 647 g/mol. The van der Waals surface area contributed by atoms with E-state index in [2.05, 4.69) is 46.5 Å². The summed E-state index contributed by atoms with van der Waals surface area (Å²) in [4.78, 5) is 20.8. The molecule has 282 valence electrons. The molecule has 1 saturated heterocycles. The Hall–Kier alpha value is -4.08. The predicted octanol–water partition coefficient (Wildman–Crippen LogP) is 8.61. The highest BCUT2D eigenvalue weighted by atomic mass is 19.1. The Balaban J connectivity index is 0.000000685. The maximum absolute atomic E-state index is 14.2. The lowest BCUT2D eigenvalue weighted by Crippen LogP contribution is -2.37. The van der Waals surface area contributed by atoms with E-state index in [9.17, 15) is 4.39 Å². The number of nitrogens with one attached hydrogen (secondary N) is 1. The second kappa shape index (κ2) is 26.7. The summed E-state index contributed by atoms with van der Waals surface area (Å²) < 4.78 is 22.0. The van der Waals surface area contributed by atoms with E-state index in [-0.39, 0.29) is 11.7 Å². The lowest BCUT2D eigenvalue weighted by molar-refractivity contribution is -0.154. The number of aromatic nitrogens is 2. The van der Waals surface area contributed by atoms with Crippen LogP contribution in [0.5, 0.6) is 0 Å². The molecule has 1 aliphatic rings. The van der Waals surface area contributed by atoms with Gasteiger partial charge >= 0.3 is 0 Å². The number of carbonyl (C=O) groups excluding carboxylic acids is 1. The van der Waals surface area contributed by atoms with E-state index in [1.165, 1.54) is 45.4 Å². The second-order valence-corrected chi connectivity index (χ2v) is 12.0. The Morgan fingerprint density at radius 3 is 2.31 bits per heavy atom. The van der Waals surface area contributed by atoms with Gasteiger partial charge in [0.05, 0.1) is 42.5 Å². The Bertz CT molecular complexity index is 1450. The van der Waals surface area contributed by atoms with Gasteiger partial charge in [-0.25, -0.2) is 9.07 Å². The third-order valence-electron chi connectivity index (χ3n) is 8.23. The number of aryl methyl sites for hydroxylation is 1. The Labute approximate surface area is 305 Å². The van der Waals surface area contributed by atoms with Gasteiger partial charge in [0.15, 0.2) is 0 Å². The first-order valence-electron chi connectivity index (χ1n) is 18.1. The van der Waals surface area contributed by atoms with E-state index in [4.69, 9.17) is 25.4 Å². The third-order valence-corrected chi connectivity index (χ3v) is 8.23. The summed E-state index contributed by atoms with van der Waals surface area (Å²) >= 11 is 0. The SMILES string of the molecule is C/C=C(/N)CCCC(C)CC.CC.CC=O.CONOCCCOC1CCN(c2ccc(-n3nc(C)cc3-c3ccc(C#N)c(F)c3)cc2)CC1. The number of ether oxygens (including phenoxy) is 1. The molecule has 11 heteroatoms. The van der Waals surface area contributed by atoms with Crippen LogP contribution in [0.25, 0.3) is 16.9 Å². The number of aldehydes is 1. The fraction of sp³-hybridized carbons (Fsp3) is 0.525. The average molecular weight is 709 g/mol. The number of nitrogens with two attached hydrogens (primary N) is 1. The van der Waals surface area contributed by atoms with Gasteiger partial charge in [-0.2, -0.15) is 10.4 Å². The number of nitrogens with zero attached hydrogens (tertiary/aromatic N) is 4. The molecule has 2 aromatic carbocycles. The zero-order valence-electron chi connectivity index (χ0n) is 32.1. The Morgan fingerprint density at radius 1 is 1.10 bits per heavy atom. The maximum Gasteiger partial charge on any atom is 0.141 e. The van der Waals surface area contributed by atoms with E-state index in [1.54, 1.807) is 6.07 Å². The summed E-state index contributed by atoms with van der Waals surface area (Å²) in [7, 11) is 1.51. The van der Waals surface area contributed by atoms with Crippen molar-refractivity contribution in [3.05, 3.63) is 77.4 Å². The summed E-state index contributed by atoms with van der Waals surface area (Å²) in [5, 5.41) is 13.6. The number of nitriles is 1. The van der Waals surface area contributed by atoms with E-state index < -0.39 is 5.82 Å². The van der Waals surface area contributed by atoms with Gasteiger partial charge in [-0.1, -0.05) is 58.3 Å². The van der Waals surface area contributed by atoms with Gasteiger partial charge < -0.3 is 20.2 Å².